The van der Waals surface area contributed by atoms with Crippen LogP contribution in [0.4, 0.5) is 10.1 Å². The summed E-state index contributed by atoms with van der Waals surface area (Å²) in [6.07, 6.45) is -1.62. The molecule has 0 spiro atoms. The van der Waals surface area contributed by atoms with Gasteiger partial charge in [0.05, 0.1) is 17.0 Å². The Morgan fingerprint density at radius 1 is 1.55 bits per heavy atom. The highest BCUT2D eigenvalue weighted by Gasteiger charge is 2.21. The third-order valence-corrected chi connectivity index (χ3v) is 2.48. The van der Waals surface area contributed by atoms with Crippen molar-refractivity contribution in [1.82, 2.24) is 5.32 Å². The first-order valence-corrected chi connectivity index (χ1v) is 5.44. The van der Waals surface area contributed by atoms with Crippen LogP contribution >= 0.6 is 0 Å². The molecule has 1 atom stereocenters. The van der Waals surface area contributed by atoms with Crippen molar-refractivity contribution in [3.8, 4) is 0 Å². The van der Waals surface area contributed by atoms with Crippen LogP contribution in [-0.4, -0.2) is 34.5 Å². The maximum Gasteiger partial charge on any atom is 0.270 e. The Bertz CT molecular complexity index is 575. The lowest BCUT2D eigenvalue weighted by Crippen LogP contribution is -2.40. The lowest BCUT2D eigenvalue weighted by atomic mass is 10.1. The van der Waals surface area contributed by atoms with Crippen molar-refractivity contribution >= 4 is 17.5 Å². The van der Waals surface area contributed by atoms with Gasteiger partial charge >= 0.3 is 0 Å². The monoisotopic (exact) mass is 285 g/mol. The zero-order valence-electron chi connectivity index (χ0n) is 10.4. The van der Waals surface area contributed by atoms with E-state index in [1.807, 2.05) is 0 Å². The molecule has 2 amide bonds. The number of halogens is 1. The first-order valence-electron chi connectivity index (χ1n) is 5.44. The third-order valence-electron chi connectivity index (χ3n) is 2.48. The van der Waals surface area contributed by atoms with E-state index in [0.717, 1.165) is 12.1 Å². The number of amides is 2. The number of nitro benzene ring substituents is 1. The van der Waals surface area contributed by atoms with Gasteiger partial charge in [0.25, 0.3) is 11.6 Å². The average Bonchev–Trinajstić information content (AvgIpc) is 2.37. The Hall–Kier alpha value is -2.55. The number of aryl methyl sites for hydroxylation is 1. The molecule has 0 heterocycles. The Labute approximate surface area is 112 Å². The number of hydrogen-bond donors (Lipinski definition) is 3. The number of nitrogens with one attached hydrogen (secondary N) is 1. The van der Waals surface area contributed by atoms with Crippen molar-refractivity contribution < 1.29 is 24.0 Å². The zero-order chi connectivity index (χ0) is 15.4. The largest absolute Gasteiger partial charge is 0.381 e. The maximum atomic E-state index is 13.7. The minimum absolute atomic E-state index is 0.0696. The molecule has 0 aliphatic carbocycles. The molecule has 0 aliphatic rings. The van der Waals surface area contributed by atoms with Crippen LogP contribution in [0.1, 0.15) is 15.9 Å². The standard InChI is InChI=1S/C11H12FN3O5/c1-5-2-6(15(19)20)3-7(9(5)12)11(18)14-4-8(16)10(13)17/h2-3,8,16H,4H2,1H3,(H2,13,17)(H,14,18). The molecular formula is C11H12FN3O5. The fourth-order valence-corrected chi connectivity index (χ4v) is 1.41. The minimum Gasteiger partial charge on any atom is -0.381 e. The van der Waals surface area contributed by atoms with Crippen molar-refractivity contribution in [3.05, 3.63) is 39.2 Å². The predicted molar refractivity (Wildman–Crippen MR) is 65.3 cm³/mol. The molecule has 1 aromatic carbocycles. The van der Waals surface area contributed by atoms with E-state index in [2.05, 4.69) is 5.32 Å². The van der Waals surface area contributed by atoms with Crippen LogP contribution in [0.25, 0.3) is 0 Å². The minimum atomic E-state index is -1.62. The lowest BCUT2D eigenvalue weighted by molar-refractivity contribution is -0.385. The molecule has 108 valence electrons. The SMILES string of the molecule is Cc1cc([N+](=O)[O-])cc(C(=O)NCC(O)C(N)=O)c1F. The van der Waals surface area contributed by atoms with Crippen molar-refractivity contribution in [2.45, 2.75) is 13.0 Å². The number of aliphatic hydroxyl groups is 1. The molecule has 0 fully saturated rings. The summed E-state index contributed by atoms with van der Waals surface area (Å²) in [5.74, 6) is -2.96. The summed E-state index contributed by atoms with van der Waals surface area (Å²) in [7, 11) is 0. The number of carbonyl (C=O) groups excluding carboxylic acids is 2. The molecule has 0 saturated heterocycles. The molecule has 0 radical (unpaired) electrons. The second-order valence-corrected chi connectivity index (χ2v) is 4.01. The highest BCUT2D eigenvalue weighted by atomic mass is 19.1. The van der Waals surface area contributed by atoms with E-state index in [-0.39, 0.29) is 5.56 Å². The van der Waals surface area contributed by atoms with Crippen molar-refractivity contribution in [1.29, 1.82) is 0 Å². The molecule has 0 saturated carbocycles. The Morgan fingerprint density at radius 3 is 2.65 bits per heavy atom. The molecular weight excluding hydrogens is 273 g/mol. The van der Waals surface area contributed by atoms with Gasteiger partial charge in [0.1, 0.15) is 11.9 Å². The first kappa shape index (κ1) is 15.5. The summed E-state index contributed by atoms with van der Waals surface area (Å²) in [5, 5.41) is 21.8. The summed E-state index contributed by atoms with van der Waals surface area (Å²) < 4.78 is 13.7. The van der Waals surface area contributed by atoms with Gasteiger partial charge in [0.15, 0.2) is 0 Å². The van der Waals surface area contributed by atoms with Crippen molar-refractivity contribution in [2.24, 2.45) is 5.73 Å². The fourth-order valence-electron chi connectivity index (χ4n) is 1.41. The van der Waals surface area contributed by atoms with Gasteiger partial charge in [-0.05, 0) is 12.5 Å². The fraction of sp³-hybridized carbons (Fsp3) is 0.273. The lowest BCUT2D eigenvalue weighted by Gasteiger charge is -2.10. The number of nitrogens with two attached hydrogens (primary N) is 1. The smallest absolute Gasteiger partial charge is 0.270 e. The molecule has 20 heavy (non-hydrogen) atoms. The van der Waals surface area contributed by atoms with E-state index >= 15 is 0 Å². The Kier molecular flexibility index (Phi) is 4.70. The van der Waals surface area contributed by atoms with E-state index in [1.165, 1.54) is 6.92 Å². The van der Waals surface area contributed by atoms with Crippen LogP contribution < -0.4 is 11.1 Å². The highest BCUT2D eigenvalue weighted by molar-refractivity contribution is 5.95. The molecule has 1 unspecified atom stereocenters. The first-order chi connectivity index (χ1) is 9.23. The van der Waals surface area contributed by atoms with E-state index in [0.29, 0.717) is 0 Å². The molecule has 0 aliphatic heterocycles. The summed E-state index contributed by atoms with van der Waals surface area (Å²) in [5.41, 5.74) is 3.72. The molecule has 1 aromatic rings. The maximum absolute atomic E-state index is 13.7. The van der Waals surface area contributed by atoms with Gasteiger partial charge in [-0.2, -0.15) is 0 Å². The number of carbonyl (C=O) groups is 2. The number of hydrogen-bond acceptors (Lipinski definition) is 5. The second-order valence-electron chi connectivity index (χ2n) is 4.01. The summed E-state index contributed by atoms with van der Waals surface area (Å²) >= 11 is 0. The zero-order valence-corrected chi connectivity index (χ0v) is 10.4. The van der Waals surface area contributed by atoms with Gasteiger partial charge in [-0.25, -0.2) is 4.39 Å². The quantitative estimate of drug-likeness (QED) is 0.500. The molecule has 9 heteroatoms. The van der Waals surface area contributed by atoms with E-state index in [4.69, 9.17) is 10.8 Å². The predicted octanol–water partition coefficient (Wildman–Crippen LogP) is -0.382. The number of nitrogens with zero attached hydrogens (tertiary/aromatic N) is 1. The van der Waals surface area contributed by atoms with Crippen LogP contribution in [0.2, 0.25) is 0 Å². The molecule has 0 aromatic heterocycles. The van der Waals surface area contributed by atoms with Gasteiger partial charge in [-0.1, -0.05) is 0 Å². The summed E-state index contributed by atoms with van der Waals surface area (Å²) in [6.45, 7) is 0.757. The van der Waals surface area contributed by atoms with Gasteiger partial charge in [0, 0.05) is 12.1 Å². The van der Waals surface area contributed by atoms with Crippen molar-refractivity contribution in [3.63, 3.8) is 0 Å². The van der Waals surface area contributed by atoms with Crippen LogP contribution in [0.15, 0.2) is 12.1 Å². The Morgan fingerprint density at radius 2 is 2.15 bits per heavy atom. The molecule has 8 nitrogen and oxygen atoms in total. The number of rotatable bonds is 5. The Balaban J connectivity index is 2.98. The number of benzene rings is 1. The van der Waals surface area contributed by atoms with Crippen LogP contribution in [0, 0.1) is 22.9 Å². The average molecular weight is 285 g/mol. The van der Waals surface area contributed by atoms with Crippen LogP contribution in [0.3, 0.4) is 0 Å². The highest BCUT2D eigenvalue weighted by Crippen LogP contribution is 2.20. The van der Waals surface area contributed by atoms with Gasteiger partial charge < -0.3 is 16.2 Å². The number of non-ortho nitro benzene ring substituents is 1. The third kappa shape index (κ3) is 3.48. The number of aliphatic hydroxyl groups excluding tert-OH is 1. The number of primary amides is 1. The van der Waals surface area contributed by atoms with Crippen LogP contribution in [0.5, 0.6) is 0 Å². The van der Waals surface area contributed by atoms with Gasteiger partial charge in [-0.3, -0.25) is 19.7 Å². The normalized spacial score (nSPS) is 11.8. The van der Waals surface area contributed by atoms with Gasteiger partial charge in [-0.15, -0.1) is 0 Å². The summed E-state index contributed by atoms with van der Waals surface area (Å²) in [6, 6.07) is 1.76. The van der Waals surface area contributed by atoms with E-state index in [1.54, 1.807) is 0 Å². The molecule has 1 rings (SSSR count). The molecule has 0 bridgehead atoms. The number of nitro groups is 1. The summed E-state index contributed by atoms with van der Waals surface area (Å²) in [4.78, 5) is 32.1. The second kappa shape index (κ2) is 6.06. The topological polar surface area (TPSA) is 136 Å². The molecule has 4 N–H and O–H groups in total. The van der Waals surface area contributed by atoms with E-state index < -0.39 is 46.5 Å². The van der Waals surface area contributed by atoms with E-state index in [9.17, 15) is 24.1 Å². The van der Waals surface area contributed by atoms with Crippen molar-refractivity contribution in [2.75, 3.05) is 6.54 Å². The van der Waals surface area contributed by atoms with Gasteiger partial charge in [0.2, 0.25) is 5.91 Å². The van der Waals surface area contributed by atoms with Crippen LogP contribution in [-0.2, 0) is 4.79 Å².